The minimum absolute atomic E-state index is 0.0617. The predicted octanol–water partition coefficient (Wildman–Crippen LogP) is 2.81. The number of thiazole rings is 1. The molecular weight excluding hydrogens is 237 g/mol. The van der Waals surface area contributed by atoms with Crippen LogP contribution in [0.3, 0.4) is 0 Å². The van der Waals surface area contributed by atoms with Gasteiger partial charge in [0.15, 0.2) is 0 Å². The minimum Gasteiger partial charge on any atom is -0.383 e. The second-order valence-corrected chi connectivity index (χ2v) is 4.36. The summed E-state index contributed by atoms with van der Waals surface area (Å²) in [4.78, 5) is 4.15. The molecule has 1 aromatic carbocycles. The van der Waals surface area contributed by atoms with Gasteiger partial charge >= 0.3 is 0 Å². The van der Waals surface area contributed by atoms with E-state index in [2.05, 4.69) is 10.3 Å². The van der Waals surface area contributed by atoms with Gasteiger partial charge in [-0.3, -0.25) is 0 Å². The molecule has 0 bridgehead atoms. The van der Waals surface area contributed by atoms with Gasteiger partial charge in [-0.2, -0.15) is 5.26 Å². The molecule has 3 nitrogen and oxygen atoms in total. The van der Waals surface area contributed by atoms with E-state index in [1.54, 1.807) is 29.7 Å². The first kappa shape index (κ1) is 11.6. The quantitative estimate of drug-likeness (QED) is 0.903. The zero-order valence-electron chi connectivity index (χ0n) is 8.98. The van der Waals surface area contributed by atoms with Crippen LogP contribution in [0.5, 0.6) is 0 Å². The van der Waals surface area contributed by atoms with Gasteiger partial charge in [0.2, 0.25) is 0 Å². The van der Waals surface area contributed by atoms with Gasteiger partial charge in [-0.25, -0.2) is 9.37 Å². The van der Waals surface area contributed by atoms with Crippen LogP contribution < -0.4 is 5.32 Å². The van der Waals surface area contributed by atoms with Gasteiger partial charge in [-0.05, 0) is 12.1 Å². The van der Waals surface area contributed by atoms with E-state index in [1.807, 2.05) is 11.4 Å². The molecule has 0 fully saturated rings. The van der Waals surface area contributed by atoms with Gasteiger partial charge in [0.1, 0.15) is 17.4 Å². The first-order valence-electron chi connectivity index (χ1n) is 5.12. The summed E-state index contributed by atoms with van der Waals surface area (Å²) in [5.41, 5.74) is 0.593. The molecular formula is C12H10FN3S. The third-order valence-electron chi connectivity index (χ3n) is 2.26. The fourth-order valence-corrected chi connectivity index (χ4v) is 2.09. The molecule has 86 valence electrons. The summed E-state index contributed by atoms with van der Waals surface area (Å²) in [5.74, 6) is -0.494. The Morgan fingerprint density at radius 1 is 1.47 bits per heavy atom. The Bertz CT molecular complexity index is 531. The van der Waals surface area contributed by atoms with Crippen molar-refractivity contribution in [3.05, 3.63) is 46.2 Å². The lowest BCUT2D eigenvalue weighted by Gasteiger charge is -2.07. The highest BCUT2D eigenvalue weighted by Gasteiger charge is 2.06. The normalized spacial score (nSPS) is 9.88. The number of halogens is 1. The number of nitrogens with one attached hydrogen (secondary N) is 1. The molecule has 0 atom stereocenters. The van der Waals surface area contributed by atoms with E-state index in [0.29, 0.717) is 12.2 Å². The van der Waals surface area contributed by atoms with Crippen LogP contribution in [-0.4, -0.2) is 11.5 Å². The smallest absolute Gasteiger partial charge is 0.143 e. The molecule has 0 saturated carbocycles. The first-order valence-corrected chi connectivity index (χ1v) is 6.00. The molecule has 2 aromatic rings. The molecule has 17 heavy (non-hydrogen) atoms. The van der Waals surface area contributed by atoms with E-state index in [0.717, 1.165) is 11.4 Å². The number of hydrogen-bond acceptors (Lipinski definition) is 4. The predicted molar refractivity (Wildman–Crippen MR) is 65.4 cm³/mol. The maximum absolute atomic E-state index is 13.3. The second-order valence-electron chi connectivity index (χ2n) is 3.38. The molecule has 0 spiro atoms. The number of rotatable bonds is 4. The minimum atomic E-state index is -0.494. The lowest BCUT2D eigenvalue weighted by molar-refractivity contribution is 0.624. The summed E-state index contributed by atoms with van der Waals surface area (Å²) < 4.78 is 13.3. The maximum Gasteiger partial charge on any atom is 0.143 e. The van der Waals surface area contributed by atoms with Crippen molar-refractivity contribution in [2.24, 2.45) is 0 Å². The van der Waals surface area contributed by atoms with Crippen molar-refractivity contribution in [3.63, 3.8) is 0 Å². The molecule has 0 aliphatic rings. The Morgan fingerprint density at radius 3 is 3.06 bits per heavy atom. The van der Waals surface area contributed by atoms with Crippen LogP contribution in [0, 0.1) is 17.1 Å². The van der Waals surface area contributed by atoms with Crippen molar-refractivity contribution < 1.29 is 4.39 Å². The van der Waals surface area contributed by atoms with Crippen LogP contribution in [0.25, 0.3) is 0 Å². The highest BCUT2D eigenvalue weighted by Crippen LogP contribution is 2.17. The molecule has 0 saturated heterocycles. The van der Waals surface area contributed by atoms with Crippen LogP contribution in [0.4, 0.5) is 10.1 Å². The zero-order valence-corrected chi connectivity index (χ0v) is 9.80. The Labute approximate surface area is 103 Å². The van der Waals surface area contributed by atoms with Gasteiger partial charge in [0.05, 0.1) is 10.7 Å². The van der Waals surface area contributed by atoms with Crippen LogP contribution >= 0.6 is 11.3 Å². The third kappa shape index (κ3) is 2.80. The number of benzene rings is 1. The van der Waals surface area contributed by atoms with Crippen LogP contribution in [-0.2, 0) is 6.42 Å². The molecule has 2 rings (SSSR count). The number of hydrogen-bond donors (Lipinski definition) is 1. The summed E-state index contributed by atoms with van der Waals surface area (Å²) in [7, 11) is 0. The van der Waals surface area contributed by atoms with Gasteiger partial charge in [0, 0.05) is 24.5 Å². The van der Waals surface area contributed by atoms with E-state index in [1.165, 1.54) is 6.07 Å². The van der Waals surface area contributed by atoms with E-state index < -0.39 is 5.82 Å². The largest absolute Gasteiger partial charge is 0.383 e. The summed E-state index contributed by atoms with van der Waals surface area (Å²) in [5, 5.41) is 14.8. The molecule has 1 aromatic heterocycles. The van der Waals surface area contributed by atoms with Crippen molar-refractivity contribution in [1.82, 2.24) is 4.98 Å². The Kier molecular flexibility index (Phi) is 3.68. The highest BCUT2D eigenvalue weighted by molar-refractivity contribution is 7.09. The number of anilines is 1. The van der Waals surface area contributed by atoms with Crippen molar-refractivity contribution in [2.45, 2.75) is 6.42 Å². The molecule has 0 unspecified atom stereocenters. The second kappa shape index (κ2) is 5.41. The average molecular weight is 247 g/mol. The van der Waals surface area contributed by atoms with Gasteiger partial charge in [0.25, 0.3) is 0 Å². The van der Waals surface area contributed by atoms with Gasteiger partial charge < -0.3 is 5.32 Å². The van der Waals surface area contributed by atoms with E-state index >= 15 is 0 Å². The molecule has 0 aliphatic heterocycles. The van der Waals surface area contributed by atoms with Crippen LogP contribution in [0.15, 0.2) is 29.8 Å². The summed E-state index contributed by atoms with van der Waals surface area (Å²) >= 11 is 1.58. The Balaban J connectivity index is 2.00. The highest BCUT2D eigenvalue weighted by atomic mass is 32.1. The first-order chi connectivity index (χ1) is 8.31. The molecule has 1 N–H and O–H groups in total. The number of nitriles is 1. The standard InChI is InChI=1S/C12H10FN3S/c13-10-2-1-3-11(9(10)8-14)15-5-4-12-16-6-7-17-12/h1-3,6-7,15H,4-5H2. The zero-order chi connectivity index (χ0) is 12.1. The lowest BCUT2D eigenvalue weighted by Crippen LogP contribution is -2.06. The molecule has 0 aliphatic carbocycles. The number of nitrogens with zero attached hydrogens (tertiary/aromatic N) is 2. The van der Waals surface area contributed by atoms with Crippen molar-refractivity contribution in [3.8, 4) is 6.07 Å². The summed E-state index contributed by atoms with van der Waals surface area (Å²) in [6.45, 7) is 0.631. The van der Waals surface area contributed by atoms with Crippen molar-refractivity contribution in [2.75, 3.05) is 11.9 Å². The monoisotopic (exact) mass is 247 g/mol. The molecule has 0 radical (unpaired) electrons. The van der Waals surface area contributed by atoms with Gasteiger partial charge in [-0.15, -0.1) is 11.3 Å². The van der Waals surface area contributed by atoms with E-state index in [9.17, 15) is 4.39 Å². The molecule has 0 amide bonds. The van der Waals surface area contributed by atoms with E-state index in [-0.39, 0.29) is 5.56 Å². The summed E-state index contributed by atoms with van der Waals surface area (Å²) in [6.07, 6.45) is 2.52. The van der Waals surface area contributed by atoms with E-state index in [4.69, 9.17) is 5.26 Å². The lowest BCUT2D eigenvalue weighted by atomic mass is 10.2. The fourth-order valence-electron chi connectivity index (χ4n) is 1.47. The average Bonchev–Trinajstić information content (AvgIpc) is 2.82. The fraction of sp³-hybridized carbons (Fsp3) is 0.167. The van der Waals surface area contributed by atoms with Gasteiger partial charge in [-0.1, -0.05) is 6.07 Å². The Morgan fingerprint density at radius 2 is 2.35 bits per heavy atom. The summed E-state index contributed by atoms with van der Waals surface area (Å²) in [6, 6.07) is 6.42. The number of aromatic nitrogens is 1. The molecule has 5 heteroatoms. The van der Waals surface area contributed by atoms with Crippen molar-refractivity contribution >= 4 is 17.0 Å². The van der Waals surface area contributed by atoms with Crippen LogP contribution in [0.1, 0.15) is 10.6 Å². The maximum atomic E-state index is 13.3. The van der Waals surface area contributed by atoms with Crippen molar-refractivity contribution in [1.29, 1.82) is 5.26 Å². The topological polar surface area (TPSA) is 48.7 Å². The van der Waals surface area contributed by atoms with Crippen LogP contribution in [0.2, 0.25) is 0 Å². The Hall–Kier alpha value is -1.93. The molecule has 1 heterocycles. The SMILES string of the molecule is N#Cc1c(F)cccc1NCCc1nccs1. The third-order valence-corrected chi connectivity index (χ3v) is 3.10.